The topological polar surface area (TPSA) is 113 Å². The van der Waals surface area contributed by atoms with E-state index in [0.717, 1.165) is 5.56 Å². The highest BCUT2D eigenvalue weighted by atomic mass is 35.5. The summed E-state index contributed by atoms with van der Waals surface area (Å²) in [5.74, 6) is 0.464. The maximum atomic E-state index is 14.2. The van der Waals surface area contributed by atoms with Gasteiger partial charge in [0.2, 0.25) is 5.88 Å². The zero-order valence-corrected chi connectivity index (χ0v) is 22.8. The second-order valence-corrected chi connectivity index (χ2v) is 10.0. The van der Waals surface area contributed by atoms with E-state index in [2.05, 4.69) is 20.2 Å². The zero-order chi connectivity index (χ0) is 27.4. The number of halogens is 2. The molecule has 1 aliphatic heterocycles. The number of fused-ring (bicyclic) bond motifs is 2. The van der Waals surface area contributed by atoms with Gasteiger partial charge in [-0.1, -0.05) is 35.3 Å². The predicted molar refractivity (Wildman–Crippen MR) is 145 cm³/mol. The first-order valence-corrected chi connectivity index (χ1v) is 12.7. The maximum Gasteiger partial charge on any atom is 0.319 e. The van der Waals surface area contributed by atoms with E-state index in [1.165, 1.54) is 20.5 Å². The van der Waals surface area contributed by atoms with Crippen molar-refractivity contribution >= 4 is 40.4 Å². The van der Waals surface area contributed by atoms with Crippen molar-refractivity contribution in [1.82, 2.24) is 34.1 Å². The van der Waals surface area contributed by atoms with Gasteiger partial charge in [-0.25, -0.2) is 9.97 Å². The van der Waals surface area contributed by atoms with Crippen LogP contribution in [-0.4, -0.2) is 54.2 Å². The lowest BCUT2D eigenvalue weighted by Crippen LogP contribution is -2.31. The predicted octanol–water partition coefficient (Wildman–Crippen LogP) is 5.04. The quantitative estimate of drug-likeness (QED) is 0.282. The molecule has 1 atom stereocenters. The third kappa shape index (κ3) is 3.96. The van der Waals surface area contributed by atoms with Gasteiger partial charge >= 0.3 is 6.01 Å². The maximum absolute atomic E-state index is 14.2. The summed E-state index contributed by atoms with van der Waals surface area (Å²) in [4.78, 5) is 29.3. The molecule has 4 aromatic heterocycles. The normalized spacial score (nSPS) is 14.9. The first kappa shape index (κ1) is 25.1. The number of ether oxygens (including phenoxy) is 2. The zero-order valence-electron chi connectivity index (χ0n) is 21.3. The number of benzene rings is 1. The third-order valence-corrected chi connectivity index (χ3v) is 6.99. The van der Waals surface area contributed by atoms with Gasteiger partial charge in [-0.15, -0.1) is 10.2 Å². The first-order chi connectivity index (χ1) is 18.8. The van der Waals surface area contributed by atoms with Gasteiger partial charge in [0.15, 0.2) is 11.3 Å². The number of nitrogens with zero attached hydrogens (tertiary/aromatic N) is 8. The molecule has 5 aromatic rings. The van der Waals surface area contributed by atoms with E-state index in [1.54, 1.807) is 39.9 Å². The molecular weight excluding hydrogens is 543 g/mol. The Kier molecular flexibility index (Phi) is 6.12. The molecule has 0 bridgehead atoms. The summed E-state index contributed by atoms with van der Waals surface area (Å²) in [6, 6.07) is 8.56. The molecule has 5 heterocycles. The van der Waals surface area contributed by atoms with Crippen molar-refractivity contribution in [3.8, 4) is 23.3 Å². The van der Waals surface area contributed by atoms with Gasteiger partial charge in [-0.05, 0) is 37.6 Å². The highest BCUT2D eigenvalue weighted by Gasteiger charge is 2.46. The Morgan fingerprint density at radius 3 is 2.49 bits per heavy atom. The van der Waals surface area contributed by atoms with Crippen molar-refractivity contribution in [3.05, 3.63) is 76.0 Å². The fraction of sp³-hybridized carbons (Fsp3) is 0.231. The van der Waals surface area contributed by atoms with Gasteiger partial charge in [0.1, 0.15) is 18.2 Å². The van der Waals surface area contributed by atoms with Crippen molar-refractivity contribution in [2.24, 2.45) is 0 Å². The van der Waals surface area contributed by atoms with Gasteiger partial charge in [0, 0.05) is 23.5 Å². The van der Waals surface area contributed by atoms with E-state index < -0.39 is 6.04 Å². The van der Waals surface area contributed by atoms with E-state index in [9.17, 15) is 4.79 Å². The lowest BCUT2D eigenvalue weighted by Gasteiger charge is -2.28. The highest BCUT2D eigenvalue weighted by molar-refractivity contribution is 6.31. The number of carbonyl (C=O) groups is 1. The van der Waals surface area contributed by atoms with Crippen molar-refractivity contribution < 1.29 is 14.3 Å². The first-order valence-electron chi connectivity index (χ1n) is 12.0. The van der Waals surface area contributed by atoms with E-state index in [-0.39, 0.29) is 29.5 Å². The Balaban J connectivity index is 1.63. The van der Waals surface area contributed by atoms with Gasteiger partial charge in [-0.3, -0.25) is 14.1 Å². The molecule has 0 saturated heterocycles. The largest absolute Gasteiger partial charge is 0.480 e. The Morgan fingerprint density at radius 1 is 1.03 bits per heavy atom. The monoisotopic (exact) mass is 564 g/mol. The van der Waals surface area contributed by atoms with Gasteiger partial charge in [0.05, 0.1) is 36.2 Å². The van der Waals surface area contributed by atoms with Crippen molar-refractivity contribution in [1.29, 1.82) is 0 Å². The summed E-state index contributed by atoms with van der Waals surface area (Å²) in [5, 5.41) is 9.28. The fourth-order valence-electron chi connectivity index (χ4n) is 4.95. The summed E-state index contributed by atoms with van der Waals surface area (Å²) in [6.45, 7) is 4.04. The van der Waals surface area contributed by atoms with Crippen LogP contribution in [0.15, 0.2) is 49.1 Å². The Labute approximate surface area is 233 Å². The number of hydrogen-bond acceptors (Lipinski definition) is 8. The summed E-state index contributed by atoms with van der Waals surface area (Å²) in [6.07, 6.45) is 4.81. The second-order valence-electron chi connectivity index (χ2n) is 9.15. The van der Waals surface area contributed by atoms with Crippen LogP contribution in [0.25, 0.3) is 17.0 Å². The minimum absolute atomic E-state index is 0.0990. The number of carbonyl (C=O) groups excluding carboxylic acids is 1. The molecular formula is C26H22Cl2N8O3. The SMILES string of the molecule is COc1ncc(-c2nc3c(n2C(C)C)C(c2ccc(Cl)cc2)N(c2cc(Cl)cn4cnnc24)C3=O)c(OC)n1. The minimum Gasteiger partial charge on any atom is -0.480 e. The minimum atomic E-state index is -0.572. The molecule has 11 nitrogen and oxygen atoms in total. The number of aromatic nitrogens is 7. The van der Waals surface area contributed by atoms with Crippen LogP contribution in [0.1, 0.15) is 47.7 Å². The Morgan fingerprint density at radius 2 is 1.79 bits per heavy atom. The van der Waals surface area contributed by atoms with Crippen LogP contribution >= 0.6 is 23.2 Å². The molecule has 1 aromatic carbocycles. The molecule has 0 radical (unpaired) electrons. The number of imidazole rings is 1. The van der Waals surface area contributed by atoms with E-state index >= 15 is 0 Å². The molecule has 0 spiro atoms. The number of methoxy groups -OCH3 is 2. The molecule has 198 valence electrons. The van der Waals surface area contributed by atoms with Gasteiger partial charge < -0.3 is 14.0 Å². The summed E-state index contributed by atoms with van der Waals surface area (Å²) in [5.41, 5.74) is 3.33. The number of pyridine rings is 1. The van der Waals surface area contributed by atoms with E-state index in [1.807, 2.05) is 30.5 Å². The molecule has 1 amide bonds. The molecule has 13 heteroatoms. The molecule has 1 unspecified atom stereocenters. The number of anilines is 1. The molecule has 0 saturated carbocycles. The number of hydrogen-bond donors (Lipinski definition) is 0. The van der Waals surface area contributed by atoms with Crippen LogP contribution < -0.4 is 14.4 Å². The average molecular weight is 565 g/mol. The Bertz CT molecular complexity index is 1730. The third-order valence-electron chi connectivity index (χ3n) is 6.54. The van der Waals surface area contributed by atoms with Crippen molar-refractivity contribution in [2.75, 3.05) is 19.1 Å². The summed E-state index contributed by atoms with van der Waals surface area (Å²) >= 11 is 12.7. The summed E-state index contributed by atoms with van der Waals surface area (Å²) < 4.78 is 14.4. The molecule has 6 rings (SSSR count). The van der Waals surface area contributed by atoms with Crippen LogP contribution in [0.2, 0.25) is 10.0 Å². The van der Waals surface area contributed by atoms with Crippen LogP contribution in [0, 0.1) is 0 Å². The van der Waals surface area contributed by atoms with Crippen LogP contribution in [0.4, 0.5) is 5.69 Å². The number of rotatable bonds is 6. The van der Waals surface area contributed by atoms with Crippen LogP contribution in [0.5, 0.6) is 11.9 Å². The molecule has 1 aliphatic rings. The van der Waals surface area contributed by atoms with Crippen LogP contribution in [0.3, 0.4) is 0 Å². The number of amides is 1. The highest BCUT2D eigenvalue weighted by Crippen LogP contribution is 2.46. The summed E-state index contributed by atoms with van der Waals surface area (Å²) in [7, 11) is 2.98. The van der Waals surface area contributed by atoms with Crippen molar-refractivity contribution in [2.45, 2.75) is 25.9 Å². The smallest absolute Gasteiger partial charge is 0.319 e. The molecule has 39 heavy (non-hydrogen) atoms. The molecule has 0 fully saturated rings. The molecule has 0 aliphatic carbocycles. The Hall–Kier alpha value is -4.22. The second kappa shape index (κ2) is 9.51. The van der Waals surface area contributed by atoms with Crippen LogP contribution in [-0.2, 0) is 0 Å². The standard InChI is InChI=1S/C26H22Cl2N8O3/c1-13(2)35-21-19(31-22(35)17-10-29-26(39-4)32-24(17)38-3)25(37)36(20(21)14-5-7-15(27)8-6-14)18-9-16(28)11-34-12-30-33-23(18)34/h5-13,20H,1-4H3. The lowest BCUT2D eigenvalue weighted by molar-refractivity contribution is 0.0989. The van der Waals surface area contributed by atoms with E-state index in [0.29, 0.717) is 38.5 Å². The molecule has 0 N–H and O–H groups in total. The van der Waals surface area contributed by atoms with Gasteiger partial charge in [0.25, 0.3) is 5.91 Å². The van der Waals surface area contributed by atoms with Gasteiger partial charge in [-0.2, -0.15) is 4.98 Å². The lowest BCUT2D eigenvalue weighted by atomic mass is 10.0. The fourth-order valence-corrected chi connectivity index (χ4v) is 5.29. The average Bonchev–Trinajstić information content (AvgIpc) is 3.62. The van der Waals surface area contributed by atoms with E-state index in [4.69, 9.17) is 37.7 Å². The van der Waals surface area contributed by atoms with Crippen molar-refractivity contribution in [3.63, 3.8) is 0 Å².